The lowest BCUT2D eigenvalue weighted by molar-refractivity contribution is -0.169. The van der Waals surface area contributed by atoms with Gasteiger partial charge in [-0.15, -0.1) is 28.8 Å². The molecule has 0 aliphatic heterocycles. The number of carbonyl (C=O) groups excluding carboxylic acids is 2. The molecule has 7 nitrogen and oxygen atoms in total. The van der Waals surface area contributed by atoms with E-state index in [9.17, 15) is 9.59 Å². The second-order valence-corrected chi connectivity index (χ2v) is 10.2. The number of aromatic nitrogens is 2. The van der Waals surface area contributed by atoms with Crippen molar-refractivity contribution in [2.75, 3.05) is 18.4 Å². The van der Waals surface area contributed by atoms with Crippen molar-refractivity contribution < 1.29 is 14.3 Å². The lowest BCUT2D eigenvalue weighted by Crippen LogP contribution is -2.48. The third-order valence-corrected chi connectivity index (χ3v) is 8.15. The highest BCUT2D eigenvalue weighted by Crippen LogP contribution is 2.45. The van der Waals surface area contributed by atoms with E-state index in [4.69, 9.17) is 11.2 Å². The van der Waals surface area contributed by atoms with Gasteiger partial charge in [0.05, 0.1) is 6.54 Å². The van der Waals surface area contributed by atoms with Gasteiger partial charge in [-0.05, 0) is 55.8 Å². The zero-order valence-corrected chi connectivity index (χ0v) is 20.2. The lowest BCUT2D eigenvalue weighted by atomic mass is 9.69. The fourth-order valence-corrected chi connectivity index (χ4v) is 6.06. The molecule has 0 radical (unpaired) electrons. The summed E-state index contributed by atoms with van der Waals surface area (Å²) < 4.78 is 6.16. The van der Waals surface area contributed by atoms with Crippen LogP contribution in [0.5, 0.6) is 0 Å². The molecule has 4 rings (SSSR count). The number of nitrogens with zero attached hydrogens (tertiary/aromatic N) is 2. The Hall–Kier alpha value is -2.76. The Morgan fingerprint density at radius 2 is 2.03 bits per heavy atom. The molecule has 1 amide bonds. The number of anilines is 1. The second-order valence-electron chi connectivity index (χ2n) is 9.21. The molecule has 8 heteroatoms. The van der Waals surface area contributed by atoms with Gasteiger partial charge in [0, 0.05) is 22.9 Å². The number of hydrogen-bond donors (Lipinski definition) is 2. The number of thiophene rings is 1. The summed E-state index contributed by atoms with van der Waals surface area (Å²) >= 11 is 1.66. The first-order valence-electron chi connectivity index (χ1n) is 12.1. The van der Waals surface area contributed by atoms with E-state index in [1.165, 1.54) is 12.8 Å². The van der Waals surface area contributed by atoms with Crippen LogP contribution in [0.25, 0.3) is 0 Å². The number of nitrogens with one attached hydrogen (secondary N) is 2. The number of ether oxygens (including phenoxy) is 1. The van der Waals surface area contributed by atoms with Gasteiger partial charge in [0.2, 0.25) is 5.91 Å². The molecule has 2 saturated carbocycles. The summed E-state index contributed by atoms with van der Waals surface area (Å²) in [5, 5.41) is 15.5. The standard InChI is InChI=1S/C26H32N4O3S/c1-2-19-17-21(20(19)11-15-27-18-24(31)29-23-10-7-14-28-30-23)33-25(32)26(22-9-8-16-34-22)12-5-3-4-6-13-26/h1,7-10,14,16,19-21,27H,3-6,11-13,15,17-18H2,(H,29,30,31). The molecule has 0 spiro atoms. The summed E-state index contributed by atoms with van der Waals surface area (Å²) in [4.78, 5) is 26.8. The first kappa shape index (κ1) is 24.4. The van der Waals surface area contributed by atoms with Gasteiger partial charge in [-0.3, -0.25) is 9.59 Å². The summed E-state index contributed by atoms with van der Waals surface area (Å²) in [5.74, 6) is 3.21. The predicted molar refractivity (Wildman–Crippen MR) is 132 cm³/mol. The first-order chi connectivity index (χ1) is 16.6. The number of amides is 1. The summed E-state index contributed by atoms with van der Waals surface area (Å²) in [6.07, 6.45) is 14.7. The van der Waals surface area contributed by atoms with Crippen molar-refractivity contribution in [1.29, 1.82) is 0 Å². The molecule has 3 atom stereocenters. The quantitative estimate of drug-likeness (QED) is 0.245. The van der Waals surface area contributed by atoms with E-state index in [2.05, 4.69) is 32.8 Å². The van der Waals surface area contributed by atoms with Gasteiger partial charge < -0.3 is 15.4 Å². The Bertz CT molecular complexity index is 981. The number of rotatable bonds is 9. The highest BCUT2D eigenvalue weighted by Gasteiger charge is 2.48. The highest BCUT2D eigenvalue weighted by molar-refractivity contribution is 7.10. The molecule has 2 heterocycles. The molecular weight excluding hydrogens is 448 g/mol. The molecule has 2 aliphatic rings. The van der Waals surface area contributed by atoms with Gasteiger partial charge in [0.1, 0.15) is 11.5 Å². The minimum atomic E-state index is -0.521. The Morgan fingerprint density at radius 1 is 1.21 bits per heavy atom. The van der Waals surface area contributed by atoms with Crippen LogP contribution in [0.3, 0.4) is 0 Å². The molecule has 3 unspecified atom stereocenters. The number of carbonyl (C=O) groups is 2. The third kappa shape index (κ3) is 5.65. The van der Waals surface area contributed by atoms with Crippen molar-refractivity contribution in [1.82, 2.24) is 15.5 Å². The Labute approximate surface area is 205 Å². The zero-order chi connectivity index (χ0) is 23.8. The van der Waals surface area contributed by atoms with Crippen molar-refractivity contribution in [3.63, 3.8) is 0 Å². The average molecular weight is 481 g/mol. The molecule has 0 aromatic carbocycles. The summed E-state index contributed by atoms with van der Waals surface area (Å²) in [5.41, 5.74) is -0.521. The first-order valence-corrected chi connectivity index (χ1v) is 13.0. The van der Waals surface area contributed by atoms with Gasteiger partial charge in [0.25, 0.3) is 0 Å². The van der Waals surface area contributed by atoms with Crippen molar-refractivity contribution >= 4 is 29.0 Å². The summed E-state index contributed by atoms with van der Waals surface area (Å²) in [6.45, 7) is 0.775. The van der Waals surface area contributed by atoms with Crippen molar-refractivity contribution in [3.8, 4) is 12.3 Å². The zero-order valence-electron chi connectivity index (χ0n) is 19.4. The number of terminal acetylenes is 1. The van der Waals surface area contributed by atoms with Crippen LogP contribution >= 0.6 is 11.3 Å². The Kier molecular flexibility index (Phi) is 8.30. The van der Waals surface area contributed by atoms with Crippen LogP contribution in [0, 0.1) is 24.2 Å². The maximum Gasteiger partial charge on any atom is 0.317 e. The molecule has 2 aromatic heterocycles. The maximum absolute atomic E-state index is 13.6. The maximum atomic E-state index is 13.6. The third-order valence-electron chi connectivity index (χ3n) is 7.07. The predicted octanol–water partition coefficient (Wildman–Crippen LogP) is 3.93. The molecule has 2 N–H and O–H groups in total. The van der Waals surface area contributed by atoms with Gasteiger partial charge >= 0.3 is 5.97 Å². The highest BCUT2D eigenvalue weighted by atomic mass is 32.1. The fraction of sp³-hybridized carbons (Fsp3) is 0.538. The molecule has 0 saturated heterocycles. The van der Waals surface area contributed by atoms with Crippen LogP contribution in [0.4, 0.5) is 5.82 Å². The lowest BCUT2D eigenvalue weighted by Gasteiger charge is -2.43. The SMILES string of the molecule is C#CC1CC(OC(=O)C2(c3cccs3)CCCCCC2)C1CCNCC(=O)Nc1cccnn1. The van der Waals surface area contributed by atoms with Crippen LogP contribution in [0.15, 0.2) is 35.8 Å². The summed E-state index contributed by atoms with van der Waals surface area (Å²) in [7, 11) is 0. The van der Waals surface area contributed by atoms with E-state index in [1.807, 2.05) is 11.4 Å². The monoisotopic (exact) mass is 480 g/mol. The smallest absolute Gasteiger partial charge is 0.317 e. The van der Waals surface area contributed by atoms with E-state index in [1.54, 1.807) is 29.7 Å². The van der Waals surface area contributed by atoms with E-state index in [0.29, 0.717) is 18.8 Å². The molecular formula is C26H32N4O3S. The summed E-state index contributed by atoms with van der Waals surface area (Å²) in [6, 6.07) is 7.50. The molecule has 180 valence electrons. The Morgan fingerprint density at radius 3 is 2.71 bits per heavy atom. The molecule has 0 bridgehead atoms. The van der Waals surface area contributed by atoms with Crippen LogP contribution in [-0.2, 0) is 19.7 Å². The van der Waals surface area contributed by atoms with E-state index < -0.39 is 5.41 Å². The van der Waals surface area contributed by atoms with Gasteiger partial charge in [0.15, 0.2) is 5.82 Å². The Balaban J connectivity index is 1.30. The molecule has 2 fully saturated rings. The van der Waals surface area contributed by atoms with Crippen molar-refractivity contribution in [2.45, 2.75) is 62.9 Å². The second kappa shape index (κ2) is 11.6. The fourth-order valence-electron chi connectivity index (χ4n) is 5.09. The average Bonchev–Trinajstić information content (AvgIpc) is 3.27. The van der Waals surface area contributed by atoms with E-state index in [0.717, 1.165) is 37.0 Å². The van der Waals surface area contributed by atoms with Gasteiger partial charge in [-0.1, -0.05) is 31.7 Å². The van der Waals surface area contributed by atoms with Gasteiger partial charge in [-0.2, -0.15) is 5.10 Å². The topological polar surface area (TPSA) is 93.2 Å². The van der Waals surface area contributed by atoms with Crippen LogP contribution in [-0.4, -0.2) is 41.3 Å². The van der Waals surface area contributed by atoms with Crippen LogP contribution in [0.2, 0.25) is 0 Å². The van der Waals surface area contributed by atoms with E-state index in [-0.39, 0.29) is 36.4 Å². The van der Waals surface area contributed by atoms with E-state index >= 15 is 0 Å². The molecule has 2 aliphatic carbocycles. The number of hydrogen-bond acceptors (Lipinski definition) is 7. The number of esters is 1. The minimum Gasteiger partial charge on any atom is -0.461 e. The van der Waals surface area contributed by atoms with Crippen molar-refractivity contribution in [3.05, 3.63) is 40.7 Å². The molecule has 34 heavy (non-hydrogen) atoms. The van der Waals surface area contributed by atoms with Crippen molar-refractivity contribution in [2.24, 2.45) is 11.8 Å². The van der Waals surface area contributed by atoms with Gasteiger partial charge in [-0.25, -0.2) is 0 Å². The van der Waals surface area contributed by atoms with Crippen LogP contribution in [0.1, 0.15) is 56.2 Å². The van der Waals surface area contributed by atoms with Crippen LogP contribution < -0.4 is 10.6 Å². The minimum absolute atomic E-state index is 0.0846. The largest absolute Gasteiger partial charge is 0.461 e. The molecule has 2 aromatic rings. The normalized spacial score (nSPS) is 23.7.